The predicted molar refractivity (Wildman–Crippen MR) is 159 cm³/mol. The topological polar surface area (TPSA) is 18.5 Å². The van der Waals surface area contributed by atoms with Crippen LogP contribution >= 0.6 is 23.5 Å². The molecule has 4 heteroatoms. The second-order valence-corrected chi connectivity index (χ2v) is 14.5. The van der Waals surface area contributed by atoms with Crippen LogP contribution in [0.15, 0.2) is 60.7 Å². The fourth-order valence-corrected chi connectivity index (χ4v) is 5.55. The van der Waals surface area contributed by atoms with Gasteiger partial charge in [0.25, 0.3) is 0 Å². The van der Waals surface area contributed by atoms with Gasteiger partial charge in [-0.3, -0.25) is 0 Å². The lowest BCUT2D eigenvalue weighted by Gasteiger charge is -2.22. The largest absolute Gasteiger partial charge is 0.468 e. The lowest BCUT2D eigenvalue weighted by Crippen LogP contribution is -2.08. The number of aryl methyl sites for hydroxylation is 1. The van der Waals surface area contributed by atoms with Gasteiger partial charge in [-0.2, -0.15) is 0 Å². The number of benzene rings is 2. The minimum atomic E-state index is 0.0996. The summed E-state index contributed by atoms with van der Waals surface area (Å²) in [6, 6.07) is 17.5. The van der Waals surface area contributed by atoms with E-state index < -0.39 is 0 Å². The zero-order valence-corrected chi connectivity index (χ0v) is 24.6. The monoisotopic (exact) mass is 512 g/mol. The Kier molecular flexibility index (Phi) is 12.0. The van der Waals surface area contributed by atoms with Crippen LogP contribution in [-0.4, -0.2) is 23.4 Å². The molecule has 0 amide bonds. The van der Waals surface area contributed by atoms with E-state index in [4.69, 9.17) is 9.47 Å². The van der Waals surface area contributed by atoms with Gasteiger partial charge in [-0.1, -0.05) is 97.7 Å². The standard InChI is InChI=1S/C31H44O2S2/c1-9-10-11-12-24-13-15-25(16-14-24)28(34-30(2,3)4)21-22-29(35-31(5,6)7)26-17-19-27(20-18-26)33-23-32-8/h13-22H,9-12,23H2,1-8H3. The van der Waals surface area contributed by atoms with Gasteiger partial charge in [-0.25, -0.2) is 0 Å². The molecule has 2 rings (SSSR count). The van der Waals surface area contributed by atoms with Crippen molar-refractivity contribution in [2.45, 2.75) is 83.6 Å². The Hall–Kier alpha value is -1.62. The zero-order chi connectivity index (χ0) is 25.9. The summed E-state index contributed by atoms with van der Waals surface area (Å²) in [4.78, 5) is 2.55. The van der Waals surface area contributed by atoms with E-state index in [0.717, 1.165) is 12.2 Å². The highest BCUT2D eigenvalue weighted by Crippen LogP contribution is 2.41. The van der Waals surface area contributed by atoms with Crippen molar-refractivity contribution < 1.29 is 9.47 Å². The number of rotatable bonds is 12. The Morgan fingerprint density at radius 1 is 0.743 bits per heavy atom. The quantitative estimate of drug-likeness (QED) is 0.160. The van der Waals surface area contributed by atoms with Crippen LogP contribution in [0.1, 0.15) is 84.4 Å². The summed E-state index contributed by atoms with van der Waals surface area (Å²) in [6.45, 7) is 16.1. The van der Waals surface area contributed by atoms with Gasteiger partial charge in [0.2, 0.25) is 0 Å². The molecule has 0 N–H and O–H groups in total. The van der Waals surface area contributed by atoms with Gasteiger partial charge in [0, 0.05) is 26.4 Å². The normalized spacial score (nSPS) is 13.3. The van der Waals surface area contributed by atoms with Crippen LogP contribution in [0.2, 0.25) is 0 Å². The first-order valence-electron chi connectivity index (χ1n) is 12.6. The summed E-state index contributed by atoms with van der Waals surface area (Å²) in [7, 11) is 1.63. The van der Waals surface area contributed by atoms with Crippen LogP contribution < -0.4 is 4.74 Å². The first kappa shape index (κ1) is 29.6. The first-order chi connectivity index (χ1) is 16.5. The van der Waals surface area contributed by atoms with Crippen molar-refractivity contribution in [3.8, 4) is 5.75 Å². The van der Waals surface area contributed by atoms with Gasteiger partial charge in [-0.15, -0.1) is 23.5 Å². The summed E-state index contributed by atoms with van der Waals surface area (Å²) in [5.74, 6) is 0.814. The highest BCUT2D eigenvalue weighted by molar-refractivity contribution is 8.09. The van der Waals surface area contributed by atoms with Gasteiger partial charge in [0.15, 0.2) is 6.79 Å². The minimum Gasteiger partial charge on any atom is -0.468 e. The Morgan fingerprint density at radius 3 is 1.66 bits per heavy atom. The number of thioether (sulfide) groups is 2. The van der Waals surface area contributed by atoms with Gasteiger partial charge >= 0.3 is 0 Å². The van der Waals surface area contributed by atoms with Crippen LogP contribution in [0.25, 0.3) is 9.81 Å². The summed E-state index contributed by atoms with van der Waals surface area (Å²) >= 11 is 3.81. The van der Waals surface area contributed by atoms with E-state index in [1.165, 1.54) is 45.8 Å². The molecule has 192 valence electrons. The number of ether oxygens (including phenoxy) is 2. The van der Waals surface area contributed by atoms with Gasteiger partial charge in [0.05, 0.1) is 0 Å². The molecule has 0 fully saturated rings. The van der Waals surface area contributed by atoms with E-state index in [0.29, 0.717) is 0 Å². The number of methoxy groups -OCH3 is 1. The average Bonchev–Trinajstić information content (AvgIpc) is 2.79. The molecule has 0 bridgehead atoms. The van der Waals surface area contributed by atoms with Gasteiger partial charge in [-0.05, 0) is 53.8 Å². The second-order valence-electron chi connectivity index (χ2n) is 10.7. The molecule has 0 saturated carbocycles. The SMILES string of the molecule is CCCCCc1ccc(C(=CC=C(SC(C)(C)C)c2ccc(OCOC)cc2)SC(C)(C)C)cc1. The summed E-state index contributed by atoms with van der Waals surface area (Å²) < 4.78 is 10.8. The van der Waals surface area contributed by atoms with Crippen molar-refractivity contribution in [1.29, 1.82) is 0 Å². The molecule has 0 radical (unpaired) electrons. The fourth-order valence-electron chi connectivity index (χ4n) is 3.45. The third-order valence-electron chi connectivity index (χ3n) is 5.01. The van der Waals surface area contributed by atoms with Crippen LogP contribution in [-0.2, 0) is 11.2 Å². The lowest BCUT2D eigenvalue weighted by atomic mass is 10.0. The predicted octanol–water partition coefficient (Wildman–Crippen LogP) is 9.85. The molecule has 0 saturated heterocycles. The van der Waals surface area contributed by atoms with Crippen molar-refractivity contribution in [2.24, 2.45) is 0 Å². The van der Waals surface area contributed by atoms with Crippen molar-refractivity contribution in [3.05, 3.63) is 77.4 Å². The van der Waals surface area contributed by atoms with Crippen molar-refractivity contribution >= 4 is 33.3 Å². The average molecular weight is 513 g/mol. The molecule has 0 unspecified atom stereocenters. The molecule has 35 heavy (non-hydrogen) atoms. The van der Waals surface area contributed by atoms with Crippen molar-refractivity contribution in [3.63, 3.8) is 0 Å². The maximum atomic E-state index is 5.58. The van der Waals surface area contributed by atoms with E-state index in [1.54, 1.807) is 7.11 Å². The Bertz CT molecular complexity index is 943. The molecule has 0 spiro atoms. The van der Waals surface area contributed by atoms with E-state index >= 15 is 0 Å². The molecule has 0 aliphatic heterocycles. The Morgan fingerprint density at radius 2 is 1.23 bits per heavy atom. The van der Waals surface area contributed by atoms with Crippen LogP contribution in [0.5, 0.6) is 5.75 Å². The molecule has 0 aromatic heterocycles. The number of hydrogen-bond acceptors (Lipinski definition) is 4. The van der Waals surface area contributed by atoms with Crippen LogP contribution in [0.4, 0.5) is 0 Å². The molecule has 2 nitrogen and oxygen atoms in total. The Balaban J connectivity index is 2.39. The molecule has 0 aliphatic rings. The third kappa shape index (κ3) is 11.8. The molecule has 2 aromatic rings. The van der Waals surface area contributed by atoms with Crippen molar-refractivity contribution in [2.75, 3.05) is 13.9 Å². The van der Waals surface area contributed by atoms with Gasteiger partial charge < -0.3 is 9.47 Å². The number of hydrogen-bond donors (Lipinski definition) is 0. The Labute approximate surface area is 223 Å². The van der Waals surface area contributed by atoms with E-state index in [-0.39, 0.29) is 16.3 Å². The van der Waals surface area contributed by atoms with E-state index in [1.807, 2.05) is 35.7 Å². The molecular weight excluding hydrogens is 468 g/mol. The maximum absolute atomic E-state index is 5.58. The summed E-state index contributed by atoms with van der Waals surface area (Å²) in [5.41, 5.74) is 3.90. The lowest BCUT2D eigenvalue weighted by molar-refractivity contribution is 0.0511. The molecule has 0 aliphatic carbocycles. The minimum absolute atomic E-state index is 0.0996. The highest BCUT2D eigenvalue weighted by Gasteiger charge is 2.17. The fraction of sp³-hybridized carbons (Fsp3) is 0.484. The summed E-state index contributed by atoms with van der Waals surface area (Å²) in [6.07, 6.45) is 9.56. The van der Waals surface area contributed by atoms with E-state index in [9.17, 15) is 0 Å². The molecule has 0 atom stereocenters. The zero-order valence-electron chi connectivity index (χ0n) is 22.9. The van der Waals surface area contributed by atoms with Gasteiger partial charge in [0.1, 0.15) is 5.75 Å². The first-order valence-corrected chi connectivity index (χ1v) is 14.3. The smallest absolute Gasteiger partial charge is 0.188 e. The second kappa shape index (κ2) is 14.2. The van der Waals surface area contributed by atoms with Crippen LogP contribution in [0, 0.1) is 0 Å². The molecule has 2 aromatic carbocycles. The van der Waals surface area contributed by atoms with Crippen molar-refractivity contribution in [1.82, 2.24) is 0 Å². The van der Waals surface area contributed by atoms with E-state index in [2.05, 4.69) is 97.0 Å². The van der Waals surface area contributed by atoms with Crippen LogP contribution in [0.3, 0.4) is 0 Å². The maximum Gasteiger partial charge on any atom is 0.188 e. The summed E-state index contributed by atoms with van der Waals surface area (Å²) in [5, 5.41) is 0. The highest BCUT2D eigenvalue weighted by atomic mass is 32.2. The number of unbranched alkanes of at least 4 members (excludes halogenated alkanes) is 2. The number of allylic oxidation sites excluding steroid dienone is 2. The molecule has 0 heterocycles. The third-order valence-corrected chi connectivity index (χ3v) is 7.42. The molecular formula is C31H44O2S2.